The molecule has 0 amide bonds. The number of halogens is 1. The van der Waals surface area contributed by atoms with Crippen molar-refractivity contribution in [1.29, 1.82) is 0 Å². The summed E-state index contributed by atoms with van der Waals surface area (Å²) in [5, 5.41) is 21.7. The molecule has 0 aromatic heterocycles. The van der Waals surface area contributed by atoms with E-state index < -0.39 is 21.7 Å². The maximum Gasteiger partial charge on any atom is 0.270 e. The van der Waals surface area contributed by atoms with E-state index >= 15 is 0 Å². The molecule has 8 nitrogen and oxygen atoms in total. The predicted molar refractivity (Wildman–Crippen MR) is 95.9 cm³/mol. The van der Waals surface area contributed by atoms with Gasteiger partial charge in [-0.1, -0.05) is 23.7 Å². The van der Waals surface area contributed by atoms with E-state index in [-0.39, 0.29) is 46.4 Å². The van der Waals surface area contributed by atoms with Crippen LogP contribution in [0.3, 0.4) is 0 Å². The lowest BCUT2D eigenvalue weighted by molar-refractivity contribution is -0.385. The maximum absolute atomic E-state index is 12.6. The number of non-ortho nitro benzene ring substituents is 2. The van der Waals surface area contributed by atoms with Crippen molar-refractivity contribution < 1.29 is 19.4 Å². The first-order valence-corrected chi connectivity index (χ1v) is 8.39. The number of carbonyl (C=O) groups excluding carboxylic acids is 2. The summed E-state index contributed by atoms with van der Waals surface area (Å²) in [5.74, 6) is -2.25. The summed E-state index contributed by atoms with van der Waals surface area (Å²) < 4.78 is 0. The standard InChI is InChI=1S/C18H13ClN2O6/c19-15-9-13(21(26)27)4-5-14(15)18-16(22)7-11(8-17(18)23)10-2-1-3-12(6-10)20(24)25/h1-6,9,11,18H,7-8H2. The molecule has 0 saturated heterocycles. The molecular weight excluding hydrogens is 376 g/mol. The Morgan fingerprint density at radius 2 is 1.48 bits per heavy atom. The molecule has 2 aromatic carbocycles. The van der Waals surface area contributed by atoms with Crippen molar-refractivity contribution in [2.75, 3.05) is 0 Å². The first-order valence-electron chi connectivity index (χ1n) is 8.01. The van der Waals surface area contributed by atoms with E-state index in [4.69, 9.17) is 11.6 Å². The minimum Gasteiger partial charge on any atom is -0.298 e. The Balaban J connectivity index is 1.87. The van der Waals surface area contributed by atoms with E-state index in [1.54, 1.807) is 6.07 Å². The number of nitro benzene ring substituents is 2. The molecule has 0 aliphatic heterocycles. The minimum absolute atomic E-state index is 0.00954. The first kappa shape index (κ1) is 18.7. The molecule has 0 N–H and O–H groups in total. The highest BCUT2D eigenvalue weighted by atomic mass is 35.5. The van der Waals surface area contributed by atoms with Gasteiger partial charge in [0.15, 0.2) is 0 Å². The van der Waals surface area contributed by atoms with Gasteiger partial charge in [-0.2, -0.15) is 0 Å². The van der Waals surface area contributed by atoms with Gasteiger partial charge in [0.2, 0.25) is 0 Å². The molecule has 0 radical (unpaired) electrons. The molecule has 1 fully saturated rings. The van der Waals surface area contributed by atoms with Crippen molar-refractivity contribution >= 4 is 34.5 Å². The van der Waals surface area contributed by atoms with Crippen LogP contribution in [0.2, 0.25) is 5.02 Å². The highest BCUT2D eigenvalue weighted by molar-refractivity contribution is 6.32. The van der Waals surface area contributed by atoms with E-state index in [1.807, 2.05) is 0 Å². The van der Waals surface area contributed by atoms with Gasteiger partial charge in [-0.15, -0.1) is 0 Å². The zero-order chi connectivity index (χ0) is 19.7. The summed E-state index contributed by atoms with van der Waals surface area (Å²) in [5.41, 5.74) is 0.468. The molecule has 3 rings (SSSR count). The normalized spacial score (nSPS) is 19.7. The molecule has 0 spiro atoms. The molecule has 1 aliphatic rings. The Hall–Kier alpha value is -3.13. The van der Waals surface area contributed by atoms with Gasteiger partial charge in [0, 0.05) is 37.1 Å². The average Bonchev–Trinajstić information content (AvgIpc) is 2.62. The monoisotopic (exact) mass is 388 g/mol. The van der Waals surface area contributed by atoms with Gasteiger partial charge in [-0.3, -0.25) is 29.8 Å². The van der Waals surface area contributed by atoms with Crippen LogP contribution in [-0.2, 0) is 9.59 Å². The van der Waals surface area contributed by atoms with Gasteiger partial charge in [0.1, 0.15) is 17.5 Å². The second kappa shape index (κ2) is 7.24. The van der Waals surface area contributed by atoms with E-state index in [0.29, 0.717) is 5.56 Å². The highest BCUT2D eigenvalue weighted by Crippen LogP contribution is 2.39. The molecule has 27 heavy (non-hydrogen) atoms. The van der Waals surface area contributed by atoms with Crippen molar-refractivity contribution in [3.05, 3.63) is 78.8 Å². The fourth-order valence-electron chi connectivity index (χ4n) is 3.31. The molecule has 0 atom stereocenters. The van der Waals surface area contributed by atoms with Gasteiger partial charge in [-0.25, -0.2) is 0 Å². The zero-order valence-corrected chi connectivity index (χ0v) is 14.6. The van der Waals surface area contributed by atoms with Gasteiger partial charge < -0.3 is 0 Å². The minimum atomic E-state index is -1.08. The number of rotatable bonds is 4. The van der Waals surface area contributed by atoms with Gasteiger partial charge in [-0.05, 0) is 23.1 Å². The van der Waals surface area contributed by atoms with Crippen LogP contribution < -0.4 is 0 Å². The van der Waals surface area contributed by atoms with Crippen LogP contribution in [0.5, 0.6) is 0 Å². The van der Waals surface area contributed by atoms with Crippen LogP contribution in [0.15, 0.2) is 42.5 Å². The maximum atomic E-state index is 12.6. The van der Waals surface area contributed by atoms with Crippen LogP contribution >= 0.6 is 11.6 Å². The summed E-state index contributed by atoms with van der Waals surface area (Å²) in [6.07, 6.45) is 0.0653. The lowest BCUT2D eigenvalue weighted by Crippen LogP contribution is -2.31. The van der Waals surface area contributed by atoms with Gasteiger partial charge in [0.25, 0.3) is 11.4 Å². The third-order valence-corrected chi connectivity index (χ3v) is 4.92. The smallest absolute Gasteiger partial charge is 0.270 e. The molecule has 0 heterocycles. The number of nitrogens with zero attached hydrogens (tertiary/aromatic N) is 2. The number of Topliss-reactive ketones (excluding diaryl/α,β-unsaturated/α-hetero) is 2. The lowest BCUT2D eigenvalue weighted by atomic mass is 9.74. The van der Waals surface area contributed by atoms with E-state index in [9.17, 15) is 29.8 Å². The van der Waals surface area contributed by atoms with Crippen LogP contribution in [0, 0.1) is 20.2 Å². The molecule has 9 heteroatoms. The molecule has 0 bridgehead atoms. The predicted octanol–water partition coefficient (Wildman–Crippen LogP) is 3.96. The number of carbonyl (C=O) groups is 2. The Labute approximate surface area is 158 Å². The second-order valence-electron chi connectivity index (χ2n) is 6.29. The summed E-state index contributed by atoms with van der Waals surface area (Å²) in [4.78, 5) is 45.9. The number of hydrogen-bond acceptors (Lipinski definition) is 6. The summed E-state index contributed by atoms with van der Waals surface area (Å²) in [7, 11) is 0. The summed E-state index contributed by atoms with van der Waals surface area (Å²) in [6, 6.07) is 9.52. The van der Waals surface area contributed by atoms with Gasteiger partial charge >= 0.3 is 0 Å². The number of ketones is 2. The van der Waals surface area contributed by atoms with Gasteiger partial charge in [0.05, 0.1) is 14.9 Å². The molecule has 2 aromatic rings. The summed E-state index contributed by atoms with van der Waals surface area (Å²) >= 11 is 6.06. The highest BCUT2D eigenvalue weighted by Gasteiger charge is 2.38. The summed E-state index contributed by atoms with van der Waals surface area (Å²) in [6.45, 7) is 0. The molecular formula is C18H13ClN2O6. The van der Waals surface area contributed by atoms with E-state index in [1.165, 1.54) is 30.3 Å². The van der Waals surface area contributed by atoms with Crippen molar-refractivity contribution in [2.45, 2.75) is 24.7 Å². The molecule has 1 aliphatic carbocycles. The van der Waals surface area contributed by atoms with Crippen molar-refractivity contribution in [3.63, 3.8) is 0 Å². The van der Waals surface area contributed by atoms with Crippen molar-refractivity contribution in [2.24, 2.45) is 0 Å². The fraction of sp³-hybridized carbons (Fsp3) is 0.222. The molecule has 1 saturated carbocycles. The largest absolute Gasteiger partial charge is 0.298 e. The Bertz CT molecular complexity index is 956. The number of nitro groups is 2. The quantitative estimate of drug-likeness (QED) is 0.444. The van der Waals surface area contributed by atoms with Crippen LogP contribution in [-0.4, -0.2) is 21.4 Å². The van der Waals surface area contributed by atoms with Crippen molar-refractivity contribution in [1.82, 2.24) is 0 Å². The molecule has 0 unspecified atom stereocenters. The average molecular weight is 389 g/mol. The van der Waals surface area contributed by atoms with E-state index in [2.05, 4.69) is 0 Å². The zero-order valence-electron chi connectivity index (χ0n) is 13.8. The van der Waals surface area contributed by atoms with Crippen LogP contribution in [0.25, 0.3) is 0 Å². The second-order valence-corrected chi connectivity index (χ2v) is 6.69. The van der Waals surface area contributed by atoms with Crippen LogP contribution in [0.1, 0.15) is 35.8 Å². The Kier molecular flexibility index (Phi) is 5.00. The SMILES string of the molecule is O=C1CC(c2cccc([N+](=O)[O-])c2)CC(=O)C1c1ccc([N+](=O)[O-])cc1Cl. The Morgan fingerprint density at radius 1 is 0.889 bits per heavy atom. The topological polar surface area (TPSA) is 120 Å². The van der Waals surface area contributed by atoms with Crippen molar-refractivity contribution in [3.8, 4) is 0 Å². The number of benzene rings is 2. The Morgan fingerprint density at radius 3 is 2.04 bits per heavy atom. The van der Waals surface area contributed by atoms with Crippen LogP contribution in [0.4, 0.5) is 11.4 Å². The third-order valence-electron chi connectivity index (χ3n) is 4.60. The fourth-order valence-corrected chi connectivity index (χ4v) is 3.60. The lowest BCUT2D eigenvalue weighted by Gasteiger charge is -2.27. The molecule has 138 valence electrons. The third kappa shape index (κ3) is 3.70. The van der Waals surface area contributed by atoms with E-state index in [0.717, 1.165) is 6.07 Å². The first-order chi connectivity index (χ1) is 12.8. The number of hydrogen-bond donors (Lipinski definition) is 0.